The topological polar surface area (TPSA) is 103 Å². The number of aromatic nitrogens is 1. The van der Waals surface area contributed by atoms with Crippen LogP contribution in [-0.2, 0) is 21.0 Å². The van der Waals surface area contributed by atoms with E-state index in [2.05, 4.69) is 9.38 Å². The number of likely N-dealkylation sites (N-methyl/N-ethyl adjacent to an activating group) is 1. The second-order valence-corrected chi connectivity index (χ2v) is 10.0. The highest BCUT2D eigenvalue weighted by Gasteiger charge is 2.45. The number of sulfonamides is 1. The van der Waals surface area contributed by atoms with Crippen LogP contribution in [0.4, 0.5) is 33.9 Å². The van der Waals surface area contributed by atoms with Gasteiger partial charge >= 0.3 is 12.2 Å². The third-order valence-electron chi connectivity index (χ3n) is 5.17. The number of urea groups is 1. The van der Waals surface area contributed by atoms with E-state index in [-0.39, 0.29) is 29.5 Å². The molecule has 0 radical (unpaired) electrons. The highest BCUT2D eigenvalue weighted by molar-refractivity contribution is 7.89. The number of pyridine rings is 1. The molecule has 3 rings (SSSR count). The molecule has 1 aromatic carbocycles. The normalized spacial score (nSPS) is 16.8. The molecule has 3 amide bonds. The lowest BCUT2D eigenvalue weighted by Crippen LogP contribution is -2.47. The van der Waals surface area contributed by atoms with E-state index in [0.29, 0.717) is 6.07 Å². The largest absolute Gasteiger partial charge is 0.416 e. The lowest BCUT2D eigenvalue weighted by atomic mass is 10.1. The van der Waals surface area contributed by atoms with E-state index >= 15 is 0 Å². The summed E-state index contributed by atoms with van der Waals surface area (Å²) in [5.74, 6) is -1.87. The van der Waals surface area contributed by atoms with E-state index in [0.717, 1.165) is 39.3 Å². The second kappa shape index (κ2) is 10.0. The summed E-state index contributed by atoms with van der Waals surface area (Å²) in [6.45, 7) is 0.652. The molecule has 0 saturated carbocycles. The molecule has 1 aromatic heterocycles. The Balaban J connectivity index is 2.04. The van der Waals surface area contributed by atoms with Crippen molar-refractivity contribution in [2.75, 3.05) is 36.2 Å². The van der Waals surface area contributed by atoms with Crippen molar-refractivity contribution in [3.05, 3.63) is 52.4 Å². The number of halogens is 5. The number of aryl methyl sites for hydroxylation is 1. The van der Waals surface area contributed by atoms with Gasteiger partial charge in [0.1, 0.15) is 17.7 Å². The van der Waals surface area contributed by atoms with Crippen molar-refractivity contribution in [1.82, 2.24) is 9.88 Å². The molecule has 0 unspecified atom stereocenters. The van der Waals surface area contributed by atoms with Crippen LogP contribution in [0.5, 0.6) is 0 Å². The Morgan fingerprint density at radius 3 is 2.56 bits per heavy atom. The standard InChI is InChI=1S/C21H20ClF4N5O4S/c1-12-8-13(21(24,25)26)9-18(28-12)31-17(11-30(20(31)33)7-6-27-36(3,34)35)19(32)29(2)14-4-5-16(23)15(22)10-14/h4-6,8-10,17H,7,11H2,1-3H3/t17-/m0/s1. The second-order valence-electron chi connectivity index (χ2n) is 7.94. The summed E-state index contributed by atoms with van der Waals surface area (Å²) < 4.78 is 79.7. The summed E-state index contributed by atoms with van der Waals surface area (Å²) in [6.07, 6.45) is -2.97. The Labute approximate surface area is 209 Å². The van der Waals surface area contributed by atoms with E-state index < -0.39 is 51.4 Å². The highest BCUT2D eigenvalue weighted by atomic mass is 35.5. The summed E-state index contributed by atoms with van der Waals surface area (Å²) >= 11 is 5.80. The van der Waals surface area contributed by atoms with Crippen molar-refractivity contribution in [2.45, 2.75) is 19.1 Å². The van der Waals surface area contributed by atoms with Gasteiger partial charge in [-0.15, -0.1) is 0 Å². The van der Waals surface area contributed by atoms with Crippen molar-refractivity contribution >= 4 is 51.3 Å². The van der Waals surface area contributed by atoms with Gasteiger partial charge in [-0.05, 0) is 37.3 Å². The first-order chi connectivity index (χ1) is 16.6. The van der Waals surface area contributed by atoms with Crippen molar-refractivity contribution < 1.29 is 35.6 Å². The Morgan fingerprint density at radius 1 is 1.31 bits per heavy atom. The summed E-state index contributed by atoms with van der Waals surface area (Å²) in [6, 6.07) is 2.68. The van der Waals surface area contributed by atoms with Gasteiger partial charge in [-0.1, -0.05) is 11.6 Å². The van der Waals surface area contributed by atoms with E-state index in [9.17, 15) is 35.6 Å². The molecule has 1 saturated heterocycles. The molecule has 0 aliphatic carbocycles. The minimum absolute atomic E-state index is 0.0467. The number of nitrogens with zero attached hydrogens (tertiary/aromatic N) is 5. The van der Waals surface area contributed by atoms with Crippen molar-refractivity contribution in [3.8, 4) is 0 Å². The van der Waals surface area contributed by atoms with Crippen molar-refractivity contribution in [3.63, 3.8) is 0 Å². The molecule has 1 atom stereocenters. The minimum atomic E-state index is -4.74. The predicted octanol–water partition coefficient (Wildman–Crippen LogP) is 3.51. The monoisotopic (exact) mass is 549 g/mol. The Bertz CT molecular complexity index is 1340. The van der Waals surface area contributed by atoms with Gasteiger partial charge in [-0.3, -0.25) is 9.69 Å². The lowest BCUT2D eigenvalue weighted by Gasteiger charge is -2.27. The molecule has 9 nitrogen and oxygen atoms in total. The molecule has 0 bridgehead atoms. The molecule has 0 spiro atoms. The zero-order valence-corrected chi connectivity index (χ0v) is 20.7. The van der Waals surface area contributed by atoms with Crippen LogP contribution >= 0.6 is 11.6 Å². The number of alkyl halides is 3. The van der Waals surface area contributed by atoms with Gasteiger partial charge in [-0.25, -0.2) is 22.6 Å². The summed E-state index contributed by atoms with van der Waals surface area (Å²) in [7, 11) is -2.42. The first-order valence-corrected chi connectivity index (χ1v) is 12.4. The van der Waals surface area contributed by atoms with E-state index in [1.807, 2.05) is 0 Å². The lowest BCUT2D eigenvalue weighted by molar-refractivity contribution is -0.137. The molecule has 36 heavy (non-hydrogen) atoms. The van der Waals surface area contributed by atoms with Crippen LogP contribution in [0, 0.1) is 12.7 Å². The molecule has 1 fully saturated rings. The van der Waals surface area contributed by atoms with Gasteiger partial charge in [0.05, 0.1) is 29.9 Å². The van der Waals surface area contributed by atoms with Crippen LogP contribution in [0.25, 0.3) is 0 Å². The number of amides is 3. The van der Waals surface area contributed by atoms with Crippen LogP contribution in [0.15, 0.2) is 34.7 Å². The number of hydrogen-bond donors (Lipinski definition) is 0. The Kier molecular flexibility index (Phi) is 7.60. The maximum absolute atomic E-state index is 13.6. The molecule has 194 valence electrons. The van der Waals surface area contributed by atoms with Gasteiger partial charge in [0.15, 0.2) is 0 Å². The van der Waals surface area contributed by atoms with Crippen LogP contribution in [0.3, 0.4) is 0 Å². The number of anilines is 2. The maximum Gasteiger partial charge on any atom is 0.416 e. The first-order valence-electron chi connectivity index (χ1n) is 10.2. The molecule has 15 heteroatoms. The summed E-state index contributed by atoms with van der Waals surface area (Å²) in [4.78, 5) is 33.5. The zero-order chi connectivity index (χ0) is 27.0. The fourth-order valence-electron chi connectivity index (χ4n) is 3.50. The molecular formula is C21H20ClF4N5O4S. The summed E-state index contributed by atoms with van der Waals surface area (Å²) in [5, 5.41) is -0.264. The molecule has 1 aliphatic heterocycles. The quantitative estimate of drug-likeness (QED) is 0.405. The fraction of sp³-hybridized carbons (Fsp3) is 0.333. The van der Waals surface area contributed by atoms with Gasteiger partial charge in [0.25, 0.3) is 5.91 Å². The molecule has 2 heterocycles. The van der Waals surface area contributed by atoms with E-state index in [4.69, 9.17) is 11.6 Å². The maximum atomic E-state index is 13.6. The fourth-order valence-corrected chi connectivity index (χ4v) is 4.02. The zero-order valence-electron chi connectivity index (χ0n) is 19.1. The third-order valence-corrected chi connectivity index (χ3v) is 5.99. The Morgan fingerprint density at radius 2 is 1.97 bits per heavy atom. The van der Waals surface area contributed by atoms with Crippen LogP contribution < -0.4 is 9.80 Å². The third kappa shape index (κ3) is 6.10. The Hall–Kier alpha value is -3.26. The average Bonchev–Trinajstić information content (AvgIpc) is 3.09. The molecule has 0 N–H and O–H groups in total. The van der Waals surface area contributed by atoms with Crippen LogP contribution in [0.2, 0.25) is 5.02 Å². The number of benzene rings is 1. The van der Waals surface area contributed by atoms with Crippen molar-refractivity contribution in [2.24, 2.45) is 4.40 Å². The SMILES string of the molecule is Cc1cc(C(F)(F)F)cc(N2C(=O)N(CC=NS(C)(=O)=O)C[C@H]2C(=O)N(C)c2ccc(F)c(Cl)c2)n1. The number of carbonyl (C=O) groups excluding carboxylic acids is 2. The van der Waals surface area contributed by atoms with E-state index in [1.165, 1.54) is 26.1 Å². The van der Waals surface area contributed by atoms with Gasteiger partial charge in [0.2, 0.25) is 10.0 Å². The molecular weight excluding hydrogens is 530 g/mol. The van der Waals surface area contributed by atoms with Gasteiger partial charge in [0, 0.05) is 24.6 Å². The number of hydrogen-bond acceptors (Lipinski definition) is 5. The smallest absolute Gasteiger partial charge is 0.316 e. The summed E-state index contributed by atoms with van der Waals surface area (Å²) in [5.41, 5.74) is -0.946. The molecule has 2 aromatic rings. The number of rotatable bonds is 6. The van der Waals surface area contributed by atoms with Crippen molar-refractivity contribution in [1.29, 1.82) is 0 Å². The minimum Gasteiger partial charge on any atom is -0.316 e. The van der Waals surface area contributed by atoms with Crippen LogP contribution in [-0.4, -0.2) is 68.9 Å². The first kappa shape index (κ1) is 27.3. The predicted molar refractivity (Wildman–Crippen MR) is 125 cm³/mol. The van der Waals surface area contributed by atoms with E-state index in [1.54, 1.807) is 0 Å². The van der Waals surface area contributed by atoms with Gasteiger partial charge < -0.3 is 9.80 Å². The average molecular weight is 550 g/mol. The molecule has 1 aliphatic rings. The van der Waals surface area contributed by atoms with Gasteiger partial charge in [-0.2, -0.15) is 17.6 Å². The number of carbonyl (C=O) groups is 2. The van der Waals surface area contributed by atoms with Crippen LogP contribution in [0.1, 0.15) is 11.3 Å². The highest BCUT2D eigenvalue weighted by Crippen LogP contribution is 2.34.